The van der Waals surface area contributed by atoms with Gasteiger partial charge in [-0.25, -0.2) is 0 Å². The van der Waals surface area contributed by atoms with Crippen molar-refractivity contribution in [3.8, 4) is 0 Å². The molecule has 0 aromatic carbocycles. The van der Waals surface area contributed by atoms with E-state index in [2.05, 4.69) is 31.2 Å². The van der Waals surface area contributed by atoms with Crippen molar-refractivity contribution in [1.82, 2.24) is 0 Å². The lowest BCUT2D eigenvalue weighted by Crippen LogP contribution is -2.02. The predicted octanol–water partition coefficient (Wildman–Crippen LogP) is 5.01. The van der Waals surface area contributed by atoms with E-state index in [0.717, 1.165) is 44.1 Å². The lowest BCUT2D eigenvalue weighted by Gasteiger charge is -2.07. The predicted molar refractivity (Wildman–Crippen MR) is 94.2 cm³/mol. The van der Waals surface area contributed by atoms with Crippen molar-refractivity contribution in [3.05, 3.63) is 48.1 Å². The molecule has 0 heterocycles. The van der Waals surface area contributed by atoms with Crippen LogP contribution in [0.3, 0.4) is 0 Å². The molecular weight excluding hydrogens is 288 g/mol. The van der Waals surface area contributed by atoms with Crippen molar-refractivity contribution in [2.75, 3.05) is 0 Å². The molecule has 1 N–H and O–H groups in total. The molecule has 1 unspecified atom stereocenters. The van der Waals surface area contributed by atoms with Crippen LogP contribution in [0.1, 0.15) is 58.3 Å². The maximum Gasteiger partial charge on any atom is 0.303 e. The third-order valence-corrected chi connectivity index (χ3v) is 3.82. The van der Waals surface area contributed by atoms with Crippen LogP contribution in [0.4, 0.5) is 0 Å². The number of aliphatic carboxylic acids is 1. The molecule has 0 saturated carbocycles. The highest BCUT2D eigenvalue weighted by atomic mass is 16.4. The van der Waals surface area contributed by atoms with Crippen LogP contribution in [0.2, 0.25) is 0 Å². The SMILES string of the molecule is CCC=CCCCC=C1C(=O)C=CC1CC=CCCCC(=O)O. The highest BCUT2D eigenvalue weighted by Gasteiger charge is 2.21. The quantitative estimate of drug-likeness (QED) is 0.331. The van der Waals surface area contributed by atoms with Crippen LogP contribution in [-0.2, 0) is 9.59 Å². The number of carbonyl (C=O) groups is 2. The van der Waals surface area contributed by atoms with Crippen molar-refractivity contribution in [2.45, 2.75) is 58.3 Å². The van der Waals surface area contributed by atoms with Crippen LogP contribution >= 0.6 is 0 Å². The monoisotopic (exact) mass is 316 g/mol. The fourth-order valence-electron chi connectivity index (χ4n) is 2.55. The molecule has 0 spiro atoms. The maximum atomic E-state index is 11.9. The number of ketones is 1. The summed E-state index contributed by atoms with van der Waals surface area (Å²) in [6, 6.07) is 0. The van der Waals surface area contributed by atoms with Gasteiger partial charge in [-0.3, -0.25) is 9.59 Å². The van der Waals surface area contributed by atoms with Gasteiger partial charge in [-0.05, 0) is 51.0 Å². The van der Waals surface area contributed by atoms with Gasteiger partial charge in [0, 0.05) is 17.9 Å². The summed E-state index contributed by atoms with van der Waals surface area (Å²) in [7, 11) is 0. The van der Waals surface area contributed by atoms with Crippen molar-refractivity contribution < 1.29 is 14.7 Å². The average molecular weight is 316 g/mol. The Morgan fingerprint density at radius 1 is 1.13 bits per heavy atom. The van der Waals surface area contributed by atoms with E-state index in [4.69, 9.17) is 5.11 Å². The summed E-state index contributed by atoms with van der Waals surface area (Å²) in [4.78, 5) is 22.3. The maximum absolute atomic E-state index is 11.9. The molecule has 0 radical (unpaired) electrons. The van der Waals surface area contributed by atoms with Gasteiger partial charge in [-0.15, -0.1) is 0 Å². The summed E-state index contributed by atoms with van der Waals surface area (Å²) in [5.74, 6) is -0.426. The third-order valence-electron chi connectivity index (χ3n) is 3.82. The van der Waals surface area contributed by atoms with Crippen LogP contribution in [0.5, 0.6) is 0 Å². The third kappa shape index (κ3) is 8.34. The number of carboxylic acid groups (broad SMARTS) is 1. The molecule has 0 saturated heterocycles. The lowest BCUT2D eigenvalue weighted by atomic mass is 9.96. The van der Waals surface area contributed by atoms with Crippen molar-refractivity contribution in [3.63, 3.8) is 0 Å². The van der Waals surface area contributed by atoms with E-state index in [-0.39, 0.29) is 18.1 Å². The van der Waals surface area contributed by atoms with E-state index < -0.39 is 5.97 Å². The molecule has 126 valence electrons. The summed E-state index contributed by atoms with van der Waals surface area (Å²) in [5, 5.41) is 8.57. The van der Waals surface area contributed by atoms with Crippen molar-refractivity contribution in [2.24, 2.45) is 5.92 Å². The highest BCUT2D eigenvalue weighted by Crippen LogP contribution is 2.26. The van der Waals surface area contributed by atoms with E-state index in [1.165, 1.54) is 0 Å². The summed E-state index contributed by atoms with van der Waals surface area (Å²) >= 11 is 0. The fourth-order valence-corrected chi connectivity index (χ4v) is 2.55. The smallest absolute Gasteiger partial charge is 0.303 e. The second-order valence-electron chi connectivity index (χ2n) is 5.79. The number of carbonyl (C=O) groups excluding carboxylic acids is 1. The largest absolute Gasteiger partial charge is 0.481 e. The average Bonchev–Trinajstić information content (AvgIpc) is 2.86. The molecule has 0 amide bonds. The number of allylic oxidation sites excluding steroid dienone is 8. The van der Waals surface area contributed by atoms with Gasteiger partial charge in [0.15, 0.2) is 5.78 Å². The summed E-state index contributed by atoms with van der Waals surface area (Å²) in [5.41, 5.74) is 0.916. The van der Waals surface area contributed by atoms with E-state index in [1.54, 1.807) is 6.08 Å². The van der Waals surface area contributed by atoms with E-state index in [9.17, 15) is 9.59 Å². The number of hydrogen-bond acceptors (Lipinski definition) is 2. The van der Waals surface area contributed by atoms with Gasteiger partial charge in [0.1, 0.15) is 0 Å². The molecule has 3 nitrogen and oxygen atoms in total. The second-order valence-corrected chi connectivity index (χ2v) is 5.79. The first-order chi connectivity index (χ1) is 11.1. The van der Waals surface area contributed by atoms with Gasteiger partial charge in [0.2, 0.25) is 0 Å². The minimum absolute atomic E-state index is 0.137. The van der Waals surface area contributed by atoms with Crippen molar-refractivity contribution in [1.29, 1.82) is 0 Å². The van der Waals surface area contributed by atoms with Gasteiger partial charge in [0.25, 0.3) is 0 Å². The Morgan fingerprint density at radius 3 is 2.61 bits per heavy atom. The van der Waals surface area contributed by atoms with Crippen LogP contribution < -0.4 is 0 Å². The second kappa shape index (κ2) is 11.6. The molecule has 3 heteroatoms. The van der Waals surface area contributed by atoms with E-state index >= 15 is 0 Å². The zero-order valence-electron chi connectivity index (χ0n) is 14.0. The number of unbranched alkanes of at least 4 members (excludes halogenated alkanes) is 3. The van der Waals surface area contributed by atoms with Gasteiger partial charge in [-0.1, -0.05) is 43.4 Å². The molecule has 1 aliphatic carbocycles. The van der Waals surface area contributed by atoms with Crippen LogP contribution in [0.25, 0.3) is 0 Å². The molecule has 1 rings (SSSR count). The first-order valence-electron chi connectivity index (χ1n) is 8.59. The molecule has 0 aliphatic heterocycles. The van der Waals surface area contributed by atoms with Crippen molar-refractivity contribution >= 4 is 11.8 Å². The molecule has 0 aromatic heterocycles. The molecule has 0 aromatic rings. The summed E-state index contributed by atoms with van der Waals surface area (Å²) in [6.07, 6.45) is 20.8. The van der Waals surface area contributed by atoms with Gasteiger partial charge >= 0.3 is 5.97 Å². The summed E-state index contributed by atoms with van der Waals surface area (Å²) < 4.78 is 0. The van der Waals surface area contributed by atoms with E-state index in [0.29, 0.717) is 6.42 Å². The van der Waals surface area contributed by atoms with Crippen LogP contribution in [0.15, 0.2) is 48.1 Å². The highest BCUT2D eigenvalue weighted by molar-refractivity contribution is 6.07. The number of hydrogen-bond donors (Lipinski definition) is 1. The zero-order valence-corrected chi connectivity index (χ0v) is 14.0. The molecule has 0 fully saturated rings. The van der Waals surface area contributed by atoms with E-state index in [1.807, 2.05) is 12.2 Å². The topological polar surface area (TPSA) is 54.4 Å². The Bertz CT molecular complexity index is 495. The Kier molecular flexibility index (Phi) is 9.69. The zero-order chi connectivity index (χ0) is 16.9. The van der Waals surface area contributed by atoms with Crippen LogP contribution in [-0.4, -0.2) is 16.9 Å². The first kappa shape index (κ1) is 19.1. The molecule has 1 atom stereocenters. The Hall–Kier alpha value is -1.90. The number of rotatable bonds is 11. The fraction of sp³-hybridized carbons (Fsp3) is 0.500. The normalized spacial score (nSPS) is 19.6. The lowest BCUT2D eigenvalue weighted by molar-refractivity contribution is -0.137. The number of carboxylic acids is 1. The Morgan fingerprint density at radius 2 is 1.87 bits per heavy atom. The standard InChI is InChI=1S/C20H28O3/c1-2-3-4-5-6-10-13-18-17(15-16-19(18)21)12-9-7-8-11-14-20(22)23/h3-4,7,9,13,15-17H,2,5-6,8,10-12,14H2,1H3,(H,22,23). The van der Waals surface area contributed by atoms with Gasteiger partial charge in [-0.2, -0.15) is 0 Å². The van der Waals surface area contributed by atoms with Crippen LogP contribution in [0, 0.1) is 5.92 Å². The summed E-state index contributed by atoms with van der Waals surface area (Å²) in [6.45, 7) is 2.13. The minimum Gasteiger partial charge on any atom is -0.481 e. The van der Waals surface area contributed by atoms with Gasteiger partial charge in [0.05, 0.1) is 0 Å². The minimum atomic E-state index is -0.748. The molecule has 1 aliphatic rings. The Balaban J connectivity index is 2.34. The first-order valence-corrected chi connectivity index (χ1v) is 8.59. The van der Waals surface area contributed by atoms with Gasteiger partial charge < -0.3 is 5.11 Å². The molecule has 23 heavy (non-hydrogen) atoms. The molecule has 0 bridgehead atoms. The molecular formula is C20H28O3. The Labute approximate surface area is 139 Å².